The number of unbranched alkanes of at least 4 members (excludes halogenated alkanes) is 15. The summed E-state index contributed by atoms with van der Waals surface area (Å²) in [5.41, 5.74) is 0.879. The molecule has 3 nitrogen and oxygen atoms in total. The van der Waals surface area contributed by atoms with Crippen LogP contribution < -0.4 is 10.6 Å². The van der Waals surface area contributed by atoms with Crippen molar-refractivity contribution in [2.75, 3.05) is 12.3 Å². The first-order chi connectivity index (χ1) is 16.6. The van der Waals surface area contributed by atoms with E-state index in [-0.39, 0.29) is 17.3 Å². The second kappa shape index (κ2) is 18.8. The van der Waals surface area contributed by atoms with E-state index >= 15 is 0 Å². The molecule has 1 heterocycles. The van der Waals surface area contributed by atoms with Gasteiger partial charge in [0.1, 0.15) is 0 Å². The Hall–Kier alpha value is -0.420. The van der Waals surface area contributed by atoms with E-state index in [4.69, 9.17) is 23.2 Å². The molecule has 194 valence electrons. The summed E-state index contributed by atoms with van der Waals surface area (Å²) >= 11 is 14.3. The first kappa shape index (κ1) is 29.8. The normalized spacial score (nSPS) is 17.9. The van der Waals surface area contributed by atoms with Gasteiger partial charge in [-0.1, -0.05) is 133 Å². The average molecular weight is 530 g/mol. The van der Waals surface area contributed by atoms with E-state index in [1.54, 1.807) is 11.8 Å². The summed E-state index contributed by atoms with van der Waals surface area (Å²) in [5.74, 6) is 0.816. The molecule has 0 saturated carbocycles. The van der Waals surface area contributed by atoms with E-state index in [9.17, 15) is 4.79 Å². The van der Waals surface area contributed by atoms with Crippen LogP contribution in [-0.4, -0.2) is 24.2 Å². The minimum atomic E-state index is -0.191. The van der Waals surface area contributed by atoms with Crippen molar-refractivity contribution >= 4 is 40.9 Å². The lowest BCUT2D eigenvalue weighted by molar-refractivity contribution is -0.122. The third-order valence-electron chi connectivity index (χ3n) is 6.69. The molecule has 2 atom stereocenters. The molecule has 0 aliphatic carbocycles. The number of halogens is 2. The van der Waals surface area contributed by atoms with E-state index in [1.165, 1.54) is 96.3 Å². The van der Waals surface area contributed by atoms with Crippen molar-refractivity contribution in [1.82, 2.24) is 10.6 Å². The summed E-state index contributed by atoms with van der Waals surface area (Å²) in [6.07, 6.45) is 21.8. The van der Waals surface area contributed by atoms with Gasteiger partial charge in [-0.15, -0.1) is 11.8 Å². The molecular weight excluding hydrogens is 483 g/mol. The molecule has 0 aromatic heterocycles. The summed E-state index contributed by atoms with van der Waals surface area (Å²) in [4.78, 5) is 12.5. The smallest absolute Gasteiger partial charge is 0.238 e. The molecule has 1 aromatic carbocycles. The van der Waals surface area contributed by atoms with Gasteiger partial charge in [-0.05, 0) is 18.6 Å². The van der Waals surface area contributed by atoms with Crippen molar-refractivity contribution in [2.24, 2.45) is 0 Å². The Morgan fingerprint density at radius 2 is 1.32 bits per heavy atom. The molecule has 34 heavy (non-hydrogen) atoms. The fraction of sp³-hybridized carbons (Fsp3) is 0.750. The predicted molar refractivity (Wildman–Crippen MR) is 151 cm³/mol. The van der Waals surface area contributed by atoms with Crippen LogP contribution in [0.3, 0.4) is 0 Å². The lowest BCUT2D eigenvalue weighted by Gasteiger charge is -2.16. The van der Waals surface area contributed by atoms with Gasteiger partial charge in [0.15, 0.2) is 0 Å². The molecule has 1 unspecified atom stereocenters. The standard InChI is InChI=1S/C28H46Cl2N2OS/c1-2-3-4-5-6-7-8-9-10-11-12-13-14-15-16-17-21-31-27(33)25-22-34-28(32-25)26-23(29)19-18-20-24(26)30/h18-20,25,28,32H,2-17,21-22H2,1H3,(H,31,33)/t25-,28?/m1/s1. The number of amides is 1. The Kier molecular flexibility index (Phi) is 16.5. The van der Waals surface area contributed by atoms with Crippen molar-refractivity contribution in [3.8, 4) is 0 Å². The van der Waals surface area contributed by atoms with Crippen LogP contribution in [0.1, 0.15) is 121 Å². The molecule has 2 N–H and O–H groups in total. The zero-order chi connectivity index (χ0) is 24.4. The molecule has 2 rings (SSSR count). The van der Waals surface area contributed by atoms with Crippen molar-refractivity contribution in [1.29, 1.82) is 0 Å². The van der Waals surface area contributed by atoms with Crippen molar-refractivity contribution < 1.29 is 4.79 Å². The number of hydrogen-bond acceptors (Lipinski definition) is 3. The lowest BCUT2D eigenvalue weighted by Crippen LogP contribution is -2.42. The zero-order valence-corrected chi connectivity index (χ0v) is 23.5. The Morgan fingerprint density at radius 1 is 0.853 bits per heavy atom. The van der Waals surface area contributed by atoms with Gasteiger partial charge in [0.05, 0.1) is 11.4 Å². The number of hydrogen-bond donors (Lipinski definition) is 2. The fourth-order valence-corrected chi connectivity index (χ4v) is 6.62. The summed E-state index contributed by atoms with van der Waals surface area (Å²) < 4.78 is 0. The van der Waals surface area contributed by atoms with Gasteiger partial charge < -0.3 is 5.32 Å². The second-order valence-electron chi connectivity index (χ2n) is 9.66. The van der Waals surface area contributed by atoms with E-state index in [2.05, 4.69) is 17.6 Å². The van der Waals surface area contributed by atoms with Crippen LogP contribution in [0.15, 0.2) is 18.2 Å². The van der Waals surface area contributed by atoms with E-state index in [0.717, 1.165) is 24.3 Å². The van der Waals surface area contributed by atoms with Crippen LogP contribution in [-0.2, 0) is 4.79 Å². The van der Waals surface area contributed by atoms with Gasteiger partial charge >= 0.3 is 0 Å². The maximum absolute atomic E-state index is 12.5. The number of rotatable bonds is 19. The number of carbonyl (C=O) groups is 1. The molecule has 1 fully saturated rings. The van der Waals surface area contributed by atoms with E-state index < -0.39 is 0 Å². The molecule has 1 aliphatic heterocycles. The number of benzene rings is 1. The fourth-order valence-electron chi connectivity index (χ4n) is 4.56. The van der Waals surface area contributed by atoms with Crippen LogP contribution in [0.5, 0.6) is 0 Å². The molecule has 1 aromatic rings. The van der Waals surface area contributed by atoms with Gasteiger partial charge in [0.25, 0.3) is 0 Å². The highest BCUT2D eigenvalue weighted by molar-refractivity contribution is 7.99. The Morgan fingerprint density at radius 3 is 1.82 bits per heavy atom. The Labute approximate surface area is 222 Å². The van der Waals surface area contributed by atoms with Gasteiger partial charge in [0.2, 0.25) is 5.91 Å². The maximum Gasteiger partial charge on any atom is 0.238 e. The van der Waals surface area contributed by atoms with Gasteiger partial charge in [-0.3, -0.25) is 10.1 Å². The van der Waals surface area contributed by atoms with Crippen LogP contribution in [0, 0.1) is 0 Å². The first-order valence-electron chi connectivity index (χ1n) is 13.7. The molecule has 0 bridgehead atoms. The summed E-state index contributed by atoms with van der Waals surface area (Å²) in [6, 6.07) is 5.34. The SMILES string of the molecule is CCCCCCCCCCCCCCCCCCNC(=O)[C@H]1CSC(c2c(Cl)cccc2Cl)N1. The molecule has 1 saturated heterocycles. The highest BCUT2D eigenvalue weighted by Gasteiger charge is 2.32. The van der Waals surface area contributed by atoms with Crippen LogP contribution in [0.2, 0.25) is 10.0 Å². The molecule has 6 heteroatoms. The third kappa shape index (κ3) is 12.0. The monoisotopic (exact) mass is 528 g/mol. The van der Waals surface area contributed by atoms with E-state index in [0.29, 0.717) is 10.0 Å². The average Bonchev–Trinajstić information content (AvgIpc) is 3.31. The summed E-state index contributed by atoms with van der Waals surface area (Å²) in [6.45, 7) is 3.04. The minimum Gasteiger partial charge on any atom is -0.355 e. The van der Waals surface area contributed by atoms with Crippen LogP contribution in [0.25, 0.3) is 0 Å². The number of carbonyl (C=O) groups excluding carboxylic acids is 1. The van der Waals surface area contributed by atoms with Gasteiger partial charge in [-0.2, -0.15) is 0 Å². The number of thioether (sulfide) groups is 1. The highest BCUT2D eigenvalue weighted by atomic mass is 35.5. The molecule has 0 radical (unpaired) electrons. The Balaban J connectivity index is 1.38. The lowest BCUT2D eigenvalue weighted by atomic mass is 10.0. The number of nitrogens with one attached hydrogen (secondary N) is 2. The Bertz CT molecular complexity index is 668. The highest BCUT2D eigenvalue weighted by Crippen LogP contribution is 2.40. The zero-order valence-electron chi connectivity index (χ0n) is 21.2. The molecule has 1 aliphatic rings. The van der Waals surface area contributed by atoms with Crippen molar-refractivity contribution in [2.45, 2.75) is 121 Å². The van der Waals surface area contributed by atoms with E-state index in [1.807, 2.05) is 18.2 Å². The summed E-state index contributed by atoms with van der Waals surface area (Å²) in [5, 5.41) is 7.73. The largest absolute Gasteiger partial charge is 0.355 e. The predicted octanol–water partition coefficient (Wildman–Crippen LogP) is 9.07. The second-order valence-corrected chi connectivity index (χ2v) is 11.6. The molecule has 0 spiro atoms. The van der Waals surface area contributed by atoms with Gasteiger partial charge in [-0.25, -0.2) is 0 Å². The molecular formula is C28H46Cl2N2OS. The summed E-state index contributed by atoms with van der Waals surface area (Å²) in [7, 11) is 0. The van der Waals surface area contributed by atoms with Crippen molar-refractivity contribution in [3.63, 3.8) is 0 Å². The minimum absolute atomic E-state index is 0.0347. The van der Waals surface area contributed by atoms with Gasteiger partial charge in [0, 0.05) is 27.9 Å². The quantitative estimate of drug-likeness (QED) is 0.176. The molecule has 1 amide bonds. The maximum atomic E-state index is 12.5. The topological polar surface area (TPSA) is 41.1 Å². The third-order valence-corrected chi connectivity index (χ3v) is 8.58. The van der Waals surface area contributed by atoms with Crippen LogP contribution in [0.4, 0.5) is 0 Å². The van der Waals surface area contributed by atoms with Crippen LogP contribution >= 0.6 is 35.0 Å². The van der Waals surface area contributed by atoms with Crippen molar-refractivity contribution in [3.05, 3.63) is 33.8 Å². The first-order valence-corrected chi connectivity index (χ1v) is 15.5.